The second-order valence-electron chi connectivity index (χ2n) is 6.62. The lowest BCUT2D eigenvalue weighted by molar-refractivity contribution is -0.136. The van der Waals surface area contributed by atoms with Gasteiger partial charge in [0.05, 0.1) is 23.5 Å². The lowest BCUT2D eigenvalue weighted by atomic mass is 9.89. The maximum Gasteiger partial charge on any atom is 0.264 e. The van der Waals surface area contributed by atoms with Crippen molar-refractivity contribution in [3.05, 3.63) is 84.9 Å². The largest absolute Gasteiger partial charge is 0.375 e. The summed E-state index contributed by atoms with van der Waals surface area (Å²) >= 11 is 8.12. The topological polar surface area (TPSA) is 57.6 Å². The maximum atomic E-state index is 13.3. The smallest absolute Gasteiger partial charge is 0.264 e. The van der Waals surface area contributed by atoms with Crippen LogP contribution in [0.1, 0.15) is 27.2 Å². The molecule has 1 aliphatic heterocycles. The molecule has 0 bridgehead atoms. The van der Waals surface area contributed by atoms with Crippen LogP contribution in [0.3, 0.4) is 0 Å². The van der Waals surface area contributed by atoms with E-state index < -0.39 is 11.5 Å². The molecular formula is C21H15Br2NO3S. The van der Waals surface area contributed by atoms with Gasteiger partial charge < -0.3 is 10.0 Å². The van der Waals surface area contributed by atoms with Crippen LogP contribution in [0, 0.1) is 0 Å². The number of halogens is 2. The van der Waals surface area contributed by atoms with Crippen molar-refractivity contribution in [2.75, 3.05) is 4.90 Å². The van der Waals surface area contributed by atoms with Gasteiger partial charge in [-0.05, 0) is 47.3 Å². The first-order valence-corrected chi connectivity index (χ1v) is 11.0. The molecule has 28 heavy (non-hydrogen) atoms. The molecule has 1 aliphatic rings. The van der Waals surface area contributed by atoms with E-state index in [0.29, 0.717) is 22.7 Å². The molecule has 4 rings (SSSR count). The van der Waals surface area contributed by atoms with Gasteiger partial charge in [0, 0.05) is 14.5 Å². The zero-order valence-electron chi connectivity index (χ0n) is 14.6. The van der Waals surface area contributed by atoms with Crippen molar-refractivity contribution < 1.29 is 14.7 Å². The predicted octanol–water partition coefficient (Wildman–Crippen LogP) is 5.28. The predicted molar refractivity (Wildman–Crippen MR) is 117 cm³/mol. The molecule has 0 radical (unpaired) electrons. The van der Waals surface area contributed by atoms with Crippen LogP contribution in [0.25, 0.3) is 0 Å². The SMILES string of the molecule is O=C(CC1(O)C(=O)N(Cc2ccc(Br)cc2)c2ccc(Br)cc21)c1cccs1. The third kappa shape index (κ3) is 3.48. The number of ketones is 1. The van der Waals surface area contributed by atoms with Crippen molar-refractivity contribution in [3.63, 3.8) is 0 Å². The van der Waals surface area contributed by atoms with Crippen LogP contribution in [0.4, 0.5) is 5.69 Å². The van der Waals surface area contributed by atoms with Crippen LogP contribution in [0.15, 0.2) is 68.9 Å². The molecule has 2 aromatic carbocycles. The summed E-state index contributed by atoms with van der Waals surface area (Å²) in [6, 6.07) is 16.5. The van der Waals surface area contributed by atoms with Crippen LogP contribution >= 0.6 is 43.2 Å². The minimum atomic E-state index is -1.88. The normalized spacial score (nSPS) is 18.4. The highest BCUT2D eigenvalue weighted by molar-refractivity contribution is 9.10. The highest BCUT2D eigenvalue weighted by Crippen LogP contribution is 2.45. The van der Waals surface area contributed by atoms with Gasteiger partial charge in [-0.1, -0.05) is 50.1 Å². The summed E-state index contributed by atoms with van der Waals surface area (Å²) in [6.07, 6.45) is -0.285. The second-order valence-corrected chi connectivity index (χ2v) is 9.40. The molecule has 4 nitrogen and oxygen atoms in total. The summed E-state index contributed by atoms with van der Waals surface area (Å²) in [5.41, 5.74) is 0.126. The fourth-order valence-electron chi connectivity index (χ4n) is 3.38. The number of aliphatic hydroxyl groups is 1. The van der Waals surface area contributed by atoms with Gasteiger partial charge in [-0.2, -0.15) is 0 Å². The number of carbonyl (C=O) groups is 2. The Balaban J connectivity index is 1.72. The summed E-state index contributed by atoms with van der Waals surface area (Å²) in [7, 11) is 0. The van der Waals surface area contributed by atoms with Crippen LogP contribution in [-0.2, 0) is 16.9 Å². The summed E-state index contributed by atoms with van der Waals surface area (Å²) < 4.78 is 1.69. The van der Waals surface area contributed by atoms with Crippen molar-refractivity contribution in [2.45, 2.75) is 18.6 Å². The molecule has 3 aromatic rings. The fourth-order valence-corrected chi connectivity index (χ4v) is 4.67. The number of amides is 1. The van der Waals surface area contributed by atoms with E-state index in [-0.39, 0.29) is 12.2 Å². The van der Waals surface area contributed by atoms with Crippen molar-refractivity contribution in [1.29, 1.82) is 0 Å². The average molecular weight is 521 g/mol. The third-order valence-electron chi connectivity index (χ3n) is 4.76. The molecule has 0 aliphatic carbocycles. The Bertz CT molecular complexity index is 1050. The Kier molecular flexibility index (Phi) is 5.26. The zero-order valence-corrected chi connectivity index (χ0v) is 18.6. The molecule has 7 heteroatoms. The Labute approximate surface area is 183 Å². The molecule has 1 atom stereocenters. The number of carbonyl (C=O) groups excluding carboxylic acids is 2. The summed E-state index contributed by atoms with van der Waals surface area (Å²) in [5, 5.41) is 13.2. The Morgan fingerprint density at radius 3 is 2.46 bits per heavy atom. The van der Waals surface area contributed by atoms with Crippen molar-refractivity contribution in [2.24, 2.45) is 0 Å². The molecule has 2 heterocycles. The second kappa shape index (κ2) is 7.55. The van der Waals surface area contributed by atoms with Crippen molar-refractivity contribution in [1.82, 2.24) is 0 Å². The minimum Gasteiger partial charge on any atom is -0.375 e. The van der Waals surface area contributed by atoms with E-state index in [1.165, 1.54) is 11.3 Å². The fraction of sp³-hybridized carbons (Fsp3) is 0.143. The first-order chi connectivity index (χ1) is 13.4. The van der Waals surface area contributed by atoms with Gasteiger partial charge in [-0.15, -0.1) is 11.3 Å². The average Bonchev–Trinajstić information content (AvgIpc) is 3.27. The molecule has 142 valence electrons. The quantitative estimate of drug-likeness (QED) is 0.465. The van der Waals surface area contributed by atoms with E-state index in [9.17, 15) is 14.7 Å². The first kappa shape index (κ1) is 19.5. The van der Waals surface area contributed by atoms with Gasteiger partial charge in [-0.25, -0.2) is 0 Å². The number of hydrogen-bond donors (Lipinski definition) is 1. The number of benzene rings is 2. The summed E-state index contributed by atoms with van der Waals surface area (Å²) in [5.74, 6) is -0.726. The maximum absolute atomic E-state index is 13.3. The van der Waals surface area contributed by atoms with Crippen LogP contribution in [0.2, 0.25) is 0 Å². The molecule has 0 saturated heterocycles. The molecule has 0 spiro atoms. The van der Waals surface area contributed by atoms with Gasteiger partial charge in [0.2, 0.25) is 0 Å². The number of thiophene rings is 1. The minimum absolute atomic E-state index is 0.248. The van der Waals surface area contributed by atoms with Gasteiger partial charge in [-0.3, -0.25) is 9.59 Å². The number of anilines is 1. The van der Waals surface area contributed by atoms with Crippen molar-refractivity contribution >= 4 is 60.6 Å². The van der Waals surface area contributed by atoms with E-state index in [1.54, 1.807) is 34.5 Å². The molecule has 1 aromatic heterocycles. The third-order valence-corrected chi connectivity index (χ3v) is 6.69. The highest BCUT2D eigenvalue weighted by atomic mass is 79.9. The number of fused-ring (bicyclic) bond motifs is 1. The van der Waals surface area contributed by atoms with Crippen molar-refractivity contribution in [3.8, 4) is 0 Å². The lowest BCUT2D eigenvalue weighted by Crippen LogP contribution is -2.41. The highest BCUT2D eigenvalue weighted by Gasteiger charge is 2.51. The van der Waals surface area contributed by atoms with Gasteiger partial charge >= 0.3 is 0 Å². The molecule has 1 amide bonds. The molecular weight excluding hydrogens is 506 g/mol. The van der Waals surface area contributed by atoms with Gasteiger partial charge in [0.25, 0.3) is 5.91 Å². The van der Waals surface area contributed by atoms with E-state index in [4.69, 9.17) is 0 Å². The van der Waals surface area contributed by atoms with Crippen LogP contribution in [0.5, 0.6) is 0 Å². The Morgan fingerprint density at radius 1 is 1.07 bits per heavy atom. The number of rotatable bonds is 5. The summed E-state index contributed by atoms with van der Waals surface area (Å²) in [6.45, 7) is 0.316. The van der Waals surface area contributed by atoms with Gasteiger partial charge in [0.15, 0.2) is 11.4 Å². The van der Waals surface area contributed by atoms with Crippen LogP contribution in [-0.4, -0.2) is 16.8 Å². The van der Waals surface area contributed by atoms with E-state index in [0.717, 1.165) is 14.5 Å². The Morgan fingerprint density at radius 2 is 1.79 bits per heavy atom. The van der Waals surface area contributed by atoms with Gasteiger partial charge in [0.1, 0.15) is 0 Å². The Hall–Kier alpha value is -1.80. The van der Waals surface area contributed by atoms with E-state index in [1.807, 2.05) is 30.3 Å². The number of nitrogens with zero attached hydrogens (tertiary/aromatic N) is 1. The summed E-state index contributed by atoms with van der Waals surface area (Å²) in [4.78, 5) is 28.0. The van der Waals surface area contributed by atoms with E-state index >= 15 is 0 Å². The van der Waals surface area contributed by atoms with E-state index in [2.05, 4.69) is 31.9 Å². The molecule has 1 unspecified atom stereocenters. The zero-order chi connectivity index (χ0) is 19.9. The number of hydrogen-bond acceptors (Lipinski definition) is 4. The molecule has 1 N–H and O–H groups in total. The standard InChI is InChI=1S/C21H15Br2NO3S/c22-14-5-3-13(4-6-14)12-24-17-8-7-15(23)10-16(17)21(27,20(24)26)11-18(25)19-2-1-9-28-19/h1-10,27H,11-12H2. The monoisotopic (exact) mass is 519 g/mol. The first-order valence-electron chi connectivity index (χ1n) is 8.54. The number of Topliss-reactive ketones (excluding diaryl/α,β-unsaturated/α-hetero) is 1. The molecule has 0 saturated carbocycles. The molecule has 0 fully saturated rings. The van der Waals surface area contributed by atoms with Crippen LogP contribution < -0.4 is 4.90 Å². The lowest BCUT2D eigenvalue weighted by Gasteiger charge is -2.22.